The first-order chi connectivity index (χ1) is 28.3. The van der Waals surface area contributed by atoms with E-state index in [9.17, 15) is 23.6 Å². The van der Waals surface area contributed by atoms with Crippen LogP contribution in [-0.4, -0.2) is 94.5 Å². The Kier molecular flexibility index (Phi) is 17.7. The third kappa shape index (κ3) is 13.5. The fraction of sp³-hybridized carbons (Fsp3) is 0.533. The molecule has 59 heavy (non-hydrogen) atoms. The molecule has 3 amide bonds. The van der Waals surface area contributed by atoms with Crippen molar-refractivity contribution in [2.45, 2.75) is 133 Å². The number of benzene rings is 2. The molecule has 1 aliphatic carbocycles. The van der Waals surface area contributed by atoms with Gasteiger partial charge in [-0.25, -0.2) is 9.37 Å². The summed E-state index contributed by atoms with van der Waals surface area (Å²) >= 11 is 1.42. The van der Waals surface area contributed by atoms with Gasteiger partial charge in [0.1, 0.15) is 41.0 Å². The van der Waals surface area contributed by atoms with Crippen LogP contribution in [0.4, 0.5) is 4.39 Å². The van der Waals surface area contributed by atoms with E-state index in [4.69, 9.17) is 14.8 Å². The van der Waals surface area contributed by atoms with Crippen molar-refractivity contribution >= 4 is 47.0 Å². The topological polar surface area (TPSA) is 159 Å². The molecular weight excluding hydrogens is 774 g/mol. The Labute approximate surface area is 352 Å². The van der Waals surface area contributed by atoms with Crippen LogP contribution in [0.3, 0.4) is 0 Å². The monoisotopic (exact) mass is 835 g/mol. The summed E-state index contributed by atoms with van der Waals surface area (Å²) in [5, 5.41) is 14.1. The number of aryl methyl sites for hydroxylation is 1. The van der Waals surface area contributed by atoms with Crippen LogP contribution >= 0.6 is 11.9 Å². The van der Waals surface area contributed by atoms with Gasteiger partial charge in [0, 0.05) is 34.8 Å². The Morgan fingerprint density at radius 1 is 1.10 bits per heavy atom. The fourth-order valence-electron chi connectivity index (χ4n) is 7.01. The van der Waals surface area contributed by atoms with Gasteiger partial charge >= 0.3 is 0 Å². The summed E-state index contributed by atoms with van der Waals surface area (Å²) in [4.78, 5) is 57.9. The summed E-state index contributed by atoms with van der Waals surface area (Å²) in [6.07, 6.45) is 11.1. The molecule has 6 rings (SSSR count). The van der Waals surface area contributed by atoms with Crippen molar-refractivity contribution < 1.29 is 38.1 Å². The second kappa shape index (κ2) is 22.2. The number of allylic oxidation sites excluding steroid dienone is 1. The first kappa shape index (κ1) is 47.2. The maximum absolute atomic E-state index is 14.5. The molecule has 2 aromatic carbocycles. The Morgan fingerprint density at radius 2 is 1.85 bits per heavy atom. The average Bonchev–Trinajstić information content (AvgIpc) is 3.81. The van der Waals surface area contributed by atoms with Crippen molar-refractivity contribution in [2.24, 2.45) is 0 Å². The number of hydrogen-bond acceptors (Lipinski definition) is 10. The average molecular weight is 836 g/mol. The van der Waals surface area contributed by atoms with Crippen LogP contribution in [0.1, 0.15) is 98.0 Å². The lowest BCUT2D eigenvalue weighted by Gasteiger charge is -2.29. The number of nitrogens with one attached hydrogen (secondary N) is 3. The molecule has 14 heteroatoms. The zero-order valence-electron chi connectivity index (χ0n) is 35.5. The van der Waals surface area contributed by atoms with Crippen LogP contribution in [-0.2, 0) is 30.3 Å². The molecule has 0 radical (unpaired) electrons. The van der Waals surface area contributed by atoms with E-state index in [0.717, 1.165) is 62.1 Å². The molecule has 3 heterocycles. The number of aromatic nitrogens is 1. The van der Waals surface area contributed by atoms with Crippen molar-refractivity contribution in [3.8, 4) is 17.0 Å². The SMILES string of the molecule is CC(C)(C)OC=O.CCc1c(OC2CC3C(=O)NC(C(=O)NSC4(C)CC4)C/C=C\CCCCC[C@H](NC)C(=O)N3C2)c(-c2cccc(F)c2)nc2ccccc12.CO. The predicted octanol–water partition coefficient (Wildman–Crippen LogP) is 6.82. The number of halogens is 1. The van der Waals surface area contributed by atoms with Crippen molar-refractivity contribution in [1.29, 1.82) is 0 Å². The van der Waals surface area contributed by atoms with Gasteiger partial charge in [0.25, 0.3) is 12.4 Å². The molecule has 1 saturated heterocycles. The molecule has 1 saturated carbocycles. The molecule has 0 bridgehead atoms. The van der Waals surface area contributed by atoms with E-state index in [1.165, 1.54) is 24.1 Å². The highest BCUT2D eigenvalue weighted by Gasteiger charge is 2.44. The van der Waals surface area contributed by atoms with Crippen LogP contribution in [0.2, 0.25) is 0 Å². The van der Waals surface area contributed by atoms with Crippen LogP contribution < -0.4 is 20.1 Å². The van der Waals surface area contributed by atoms with E-state index < -0.39 is 24.2 Å². The van der Waals surface area contributed by atoms with Crippen molar-refractivity contribution in [3.63, 3.8) is 0 Å². The number of likely N-dealkylation sites (N-methyl/N-ethyl adjacent to an activating group) is 1. The maximum atomic E-state index is 14.5. The Morgan fingerprint density at radius 3 is 2.49 bits per heavy atom. The van der Waals surface area contributed by atoms with E-state index in [2.05, 4.69) is 33.1 Å². The molecule has 12 nitrogen and oxygen atoms in total. The summed E-state index contributed by atoms with van der Waals surface area (Å²) < 4.78 is 28.9. The van der Waals surface area contributed by atoms with Gasteiger partial charge in [-0.2, -0.15) is 0 Å². The van der Waals surface area contributed by atoms with E-state index in [1.807, 2.05) is 58.0 Å². The molecule has 2 aliphatic heterocycles. The number of rotatable bonds is 9. The van der Waals surface area contributed by atoms with E-state index >= 15 is 0 Å². The number of aliphatic hydroxyl groups excluding tert-OH is 1. The molecule has 3 aromatic rings. The summed E-state index contributed by atoms with van der Waals surface area (Å²) in [6, 6.07) is 12.0. The second-order valence-corrected chi connectivity index (χ2v) is 17.6. The molecule has 1 aromatic heterocycles. The van der Waals surface area contributed by atoms with Gasteiger partial charge in [0.15, 0.2) is 0 Å². The molecule has 0 spiro atoms. The first-order valence-corrected chi connectivity index (χ1v) is 21.4. The summed E-state index contributed by atoms with van der Waals surface area (Å²) in [7, 11) is 2.77. The van der Waals surface area contributed by atoms with E-state index in [-0.39, 0.29) is 46.9 Å². The smallest absolute Gasteiger partial charge is 0.293 e. The van der Waals surface area contributed by atoms with E-state index in [1.54, 1.807) is 24.1 Å². The van der Waals surface area contributed by atoms with Gasteiger partial charge in [0.2, 0.25) is 11.8 Å². The highest BCUT2D eigenvalue weighted by atomic mass is 32.2. The lowest BCUT2D eigenvalue weighted by molar-refractivity contribution is -0.141. The quantitative estimate of drug-likeness (QED) is 0.102. The highest BCUT2D eigenvalue weighted by molar-refractivity contribution is 7.99. The van der Waals surface area contributed by atoms with Crippen molar-refractivity contribution in [2.75, 3.05) is 20.7 Å². The molecule has 322 valence electrons. The van der Waals surface area contributed by atoms with Crippen LogP contribution in [0.5, 0.6) is 5.75 Å². The number of fused-ring (bicyclic) bond motifs is 2. The minimum Gasteiger partial charge on any atom is -0.486 e. The third-order valence-electron chi connectivity index (χ3n) is 10.5. The lowest BCUT2D eigenvalue weighted by atomic mass is 10.0. The zero-order valence-corrected chi connectivity index (χ0v) is 36.3. The largest absolute Gasteiger partial charge is 0.486 e. The number of para-hydroxylation sites is 1. The van der Waals surface area contributed by atoms with Gasteiger partial charge < -0.3 is 30.1 Å². The summed E-state index contributed by atoms with van der Waals surface area (Å²) in [5.74, 6) is -0.662. The number of hydrogen-bond donors (Lipinski definition) is 4. The standard InChI is InChI=1S/C39H48FN5O4S.C5H10O2.CH4O/c1-4-28-29-16-11-12-17-30(29)42-34(25-14-13-15-26(40)22-25)35(28)49-27-23-33-37(47)43-31(36(46)44-50-39(2)20-21-39)18-9-7-5-6-8-10-19-32(41-3)38(48)45(33)24-27;1-5(2,3)7-4-6;1-2/h7,9,11-17,22,27,31-33,41H,4-6,8,10,18-21,23-24H2,1-3H3,(H,43,47)(H,44,46);4H,1-3H3;2H,1H3/b9-7-;;/t27?,31?,32-,33?;;/m0../s1. The maximum Gasteiger partial charge on any atom is 0.293 e. The summed E-state index contributed by atoms with van der Waals surface area (Å²) in [6.45, 7) is 10.3. The number of pyridine rings is 1. The number of nitrogens with zero attached hydrogens (tertiary/aromatic N) is 2. The van der Waals surface area contributed by atoms with Crippen LogP contribution in [0, 0.1) is 5.82 Å². The predicted molar refractivity (Wildman–Crippen MR) is 231 cm³/mol. The normalized spacial score (nSPS) is 22.4. The third-order valence-corrected chi connectivity index (χ3v) is 11.7. The van der Waals surface area contributed by atoms with Gasteiger partial charge in [0.05, 0.1) is 18.1 Å². The number of ether oxygens (including phenoxy) is 2. The minimum atomic E-state index is -0.850. The zero-order chi connectivity index (χ0) is 43.2. The number of amides is 3. The molecule has 4 atom stereocenters. The van der Waals surface area contributed by atoms with Crippen molar-refractivity contribution in [1.82, 2.24) is 25.2 Å². The van der Waals surface area contributed by atoms with Gasteiger partial charge in [-0.15, -0.1) is 0 Å². The fourth-order valence-corrected chi connectivity index (χ4v) is 7.80. The molecule has 3 unspecified atom stereocenters. The Balaban J connectivity index is 0.000000774. The van der Waals surface area contributed by atoms with Gasteiger partial charge in [-0.3, -0.25) is 23.9 Å². The molecular formula is C45H62FN5O7S. The Hall–Kier alpha value is -4.53. The highest BCUT2D eigenvalue weighted by Crippen LogP contribution is 2.46. The summed E-state index contributed by atoms with van der Waals surface area (Å²) in [5.41, 5.74) is 2.47. The lowest BCUT2D eigenvalue weighted by Crippen LogP contribution is -2.55. The van der Waals surface area contributed by atoms with Crippen molar-refractivity contribution in [3.05, 3.63) is 72.1 Å². The first-order valence-electron chi connectivity index (χ1n) is 20.6. The molecule has 4 N–H and O–H groups in total. The Bertz CT molecular complexity index is 1920. The van der Waals surface area contributed by atoms with E-state index in [0.29, 0.717) is 42.7 Å². The number of carbonyl (C=O) groups is 4. The van der Waals surface area contributed by atoms with Crippen LogP contribution in [0.25, 0.3) is 22.2 Å². The minimum absolute atomic E-state index is 0.0377. The van der Waals surface area contributed by atoms with Gasteiger partial charge in [-0.05, 0) is 110 Å². The number of aliphatic hydroxyl groups is 1. The number of carbonyl (C=O) groups excluding carboxylic acids is 4. The van der Waals surface area contributed by atoms with Gasteiger partial charge in [-0.1, -0.05) is 62.2 Å². The molecule has 3 aliphatic rings. The van der Waals surface area contributed by atoms with Crippen LogP contribution in [0.15, 0.2) is 60.7 Å². The second-order valence-electron chi connectivity index (χ2n) is 16.2. The molecule has 2 fully saturated rings.